The van der Waals surface area contributed by atoms with Gasteiger partial charge in [-0.25, -0.2) is 0 Å². The zero-order valence-corrected chi connectivity index (χ0v) is 18.7. The molecule has 2 amide bonds. The number of carbonyl (C=O) groups is 3. The van der Waals surface area contributed by atoms with Crippen LogP contribution in [0.5, 0.6) is 0 Å². The van der Waals surface area contributed by atoms with Gasteiger partial charge in [-0.15, -0.1) is 0 Å². The van der Waals surface area contributed by atoms with Gasteiger partial charge in [-0.05, 0) is 45.6 Å². The van der Waals surface area contributed by atoms with Crippen LogP contribution in [0.4, 0.5) is 5.69 Å². The molecule has 168 valence electrons. The van der Waals surface area contributed by atoms with Gasteiger partial charge in [0.05, 0.1) is 11.3 Å². The number of carbonyl (C=O) groups excluding carboxylic acids is 3. The Morgan fingerprint density at radius 2 is 1.84 bits per heavy atom. The maximum Gasteiger partial charge on any atom is 0.290 e. The molecule has 1 aromatic heterocycles. The third kappa shape index (κ3) is 2.97. The zero-order chi connectivity index (χ0) is 23.2. The highest BCUT2D eigenvalue weighted by atomic mass is 16.3. The fourth-order valence-electron chi connectivity index (χ4n) is 4.60. The molecule has 0 aliphatic carbocycles. The van der Waals surface area contributed by atoms with Gasteiger partial charge in [0, 0.05) is 25.2 Å². The van der Waals surface area contributed by atoms with E-state index in [9.17, 15) is 19.5 Å². The van der Waals surface area contributed by atoms with Gasteiger partial charge in [0.2, 0.25) is 5.78 Å². The molecule has 8 nitrogen and oxygen atoms in total. The molecule has 3 heterocycles. The van der Waals surface area contributed by atoms with Crippen LogP contribution < -0.4 is 4.90 Å². The van der Waals surface area contributed by atoms with Crippen molar-refractivity contribution in [2.75, 3.05) is 38.6 Å². The van der Waals surface area contributed by atoms with Crippen molar-refractivity contribution in [3.05, 3.63) is 64.8 Å². The van der Waals surface area contributed by atoms with Crippen LogP contribution in [0, 0.1) is 6.92 Å². The minimum absolute atomic E-state index is 0.0232. The highest BCUT2D eigenvalue weighted by molar-refractivity contribution is 6.25. The standard InChI is InChI=1S/C24H27N3O5/c1-5-12-26-17-9-7-6-8-16(17)24(23(26)31)19(20(28)18-11-10-15(2)32-18)21(29)22(30)27(24)14-13-25(3)4/h6-11,29H,5,12-14H2,1-4H3/t24-/m1/s1. The third-order valence-corrected chi connectivity index (χ3v) is 6.00. The van der Waals surface area contributed by atoms with Crippen LogP contribution >= 0.6 is 0 Å². The summed E-state index contributed by atoms with van der Waals surface area (Å²) in [5.41, 5.74) is -0.828. The number of furan rings is 1. The summed E-state index contributed by atoms with van der Waals surface area (Å²) >= 11 is 0. The monoisotopic (exact) mass is 437 g/mol. The highest BCUT2D eigenvalue weighted by Gasteiger charge is 2.65. The number of hydrogen-bond donors (Lipinski definition) is 1. The third-order valence-electron chi connectivity index (χ3n) is 6.00. The number of hydrogen-bond acceptors (Lipinski definition) is 6. The van der Waals surface area contributed by atoms with E-state index in [1.54, 1.807) is 36.1 Å². The van der Waals surface area contributed by atoms with Crippen molar-refractivity contribution < 1.29 is 23.9 Å². The molecule has 1 N–H and O–H groups in total. The molecule has 0 unspecified atom stereocenters. The first-order valence-corrected chi connectivity index (χ1v) is 10.7. The van der Waals surface area contributed by atoms with E-state index in [0.29, 0.717) is 36.5 Å². The summed E-state index contributed by atoms with van der Waals surface area (Å²) in [5.74, 6) is -2.03. The second-order valence-electron chi connectivity index (χ2n) is 8.41. The first-order valence-electron chi connectivity index (χ1n) is 10.7. The Morgan fingerprint density at radius 3 is 2.47 bits per heavy atom. The van der Waals surface area contributed by atoms with Crippen molar-refractivity contribution in [2.45, 2.75) is 25.8 Å². The largest absolute Gasteiger partial charge is 0.503 e. The van der Waals surface area contributed by atoms with Crippen molar-refractivity contribution >= 4 is 23.3 Å². The van der Waals surface area contributed by atoms with E-state index in [1.165, 1.54) is 11.0 Å². The van der Waals surface area contributed by atoms with E-state index >= 15 is 0 Å². The minimum atomic E-state index is -1.74. The van der Waals surface area contributed by atoms with E-state index in [0.717, 1.165) is 0 Å². The summed E-state index contributed by atoms with van der Waals surface area (Å²) in [6.45, 7) is 4.68. The van der Waals surface area contributed by atoms with Crippen LogP contribution in [0.25, 0.3) is 0 Å². The molecular weight excluding hydrogens is 410 g/mol. The first-order chi connectivity index (χ1) is 15.2. The fourth-order valence-corrected chi connectivity index (χ4v) is 4.60. The molecular formula is C24H27N3O5. The Kier molecular flexibility index (Phi) is 5.42. The molecule has 0 radical (unpaired) electrons. The Balaban J connectivity index is 1.98. The van der Waals surface area contributed by atoms with E-state index in [1.807, 2.05) is 32.0 Å². The number of amides is 2. The normalized spacial score (nSPS) is 20.3. The maximum atomic E-state index is 14.1. The summed E-state index contributed by atoms with van der Waals surface area (Å²) in [6, 6.07) is 10.3. The van der Waals surface area contributed by atoms with Crippen molar-refractivity contribution in [1.29, 1.82) is 0 Å². The van der Waals surface area contributed by atoms with Gasteiger partial charge in [0.15, 0.2) is 17.1 Å². The Morgan fingerprint density at radius 1 is 1.12 bits per heavy atom. The number of benzene rings is 1. The quantitative estimate of drug-likeness (QED) is 0.670. The van der Waals surface area contributed by atoms with Crippen LogP contribution in [-0.2, 0) is 15.1 Å². The number of aliphatic hydroxyl groups is 1. The van der Waals surface area contributed by atoms with Gasteiger partial charge >= 0.3 is 0 Å². The van der Waals surface area contributed by atoms with Crippen LogP contribution in [0.15, 0.2) is 52.1 Å². The molecule has 32 heavy (non-hydrogen) atoms. The molecule has 8 heteroatoms. The summed E-state index contributed by atoms with van der Waals surface area (Å²) in [5, 5.41) is 11.0. The molecule has 1 spiro atoms. The predicted octanol–water partition coefficient (Wildman–Crippen LogP) is 2.64. The van der Waals surface area contributed by atoms with Gasteiger partial charge in [0.25, 0.3) is 11.8 Å². The molecule has 0 saturated carbocycles. The lowest BCUT2D eigenvalue weighted by Gasteiger charge is -2.36. The van der Waals surface area contributed by atoms with E-state index in [-0.39, 0.29) is 17.9 Å². The second kappa shape index (κ2) is 7.94. The van der Waals surface area contributed by atoms with Gasteiger partial charge in [-0.1, -0.05) is 25.1 Å². The number of anilines is 1. The topological polar surface area (TPSA) is 94.3 Å². The average Bonchev–Trinajstić information content (AvgIpc) is 3.36. The van der Waals surface area contributed by atoms with Crippen molar-refractivity contribution in [2.24, 2.45) is 0 Å². The molecule has 0 bridgehead atoms. The van der Waals surface area contributed by atoms with Gasteiger partial charge in [-0.3, -0.25) is 14.4 Å². The molecule has 0 saturated heterocycles. The number of Topliss-reactive ketones (excluding diaryl/α,β-unsaturated/α-hetero) is 1. The summed E-state index contributed by atoms with van der Waals surface area (Å²) in [7, 11) is 3.71. The number of aliphatic hydroxyl groups excluding tert-OH is 1. The number of ketones is 1. The number of fused-ring (bicyclic) bond motifs is 2. The predicted molar refractivity (Wildman–Crippen MR) is 118 cm³/mol. The zero-order valence-electron chi connectivity index (χ0n) is 18.7. The van der Waals surface area contributed by atoms with Crippen LogP contribution in [0.3, 0.4) is 0 Å². The number of nitrogens with zero attached hydrogens (tertiary/aromatic N) is 3. The number of aryl methyl sites for hydroxylation is 1. The van der Waals surface area contributed by atoms with Gasteiger partial charge in [-0.2, -0.15) is 0 Å². The van der Waals surface area contributed by atoms with Crippen LogP contribution in [0.1, 0.15) is 35.2 Å². The van der Waals surface area contributed by atoms with Gasteiger partial charge in [0.1, 0.15) is 5.76 Å². The fraction of sp³-hybridized carbons (Fsp3) is 0.375. The van der Waals surface area contributed by atoms with Crippen LogP contribution in [0.2, 0.25) is 0 Å². The lowest BCUT2D eigenvalue weighted by molar-refractivity contribution is -0.140. The smallest absolute Gasteiger partial charge is 0.290 e. The molecule has 2 aromatic rings. The molecule has 1 atom stereocenters. The van der Waals surface area contributed by atoms with Crippen molar-refractivity contribution in [3.8, 4) is 0 Å². The van der Waals surface area contributed by atoms with E-state index in [4.69, 9.17) is 4.42 Å². The van der Waals surface area contributed by atoms with Crippen LogP contribution in [-0.4, -0.2) is 66.2 Å². The second-order valence-corrected chi connectivity index (χ2v) is 8.41. The van der Waals surface area contributed by atoms with E-state index < -0.39 is 28.9 Å². The molecule has 2 aliphatic rings. The van der Waals surface area contributed by atoms with Gasteiger partial charge < -0.3 is 24.2 Å². The summed E-state index contributed by atoms with van der Waals surface area (Å²) in [4.78, 5) is 45.8. The SMILES string of the molecule is CCCN1C(=O)[C@]2(C(C(=O)c3ccc(C)o3)=C(O)C(=O)N2CCN(C)C)c2ccccc21. The van der Waals surface area contributed by atoms with E-state index in [2.05, 4.69) is 0 Å². The number of likely N-dealkylation sites (N-methyl/N-ethyl adjacent to an activating group) is 1. The molecule has 0 fully saturated rings. The summed E-state index contributed by atoms with van der Waals surface area (Å²) in [6.07, 6.45) is 0.693. The summed E-state index contributed by atoms with van der Waals surface area (Å²) < 4.78 is 5.52. The van der Waals surface area contributed by atoms with Crippen molar-refractivity contribution in [3.63, 3.8) is 0 Å². The Bertz CT molecular complexity index is 1130. The lowest BCUT2D eigenvalue weighted by atomic mass is 9.81. The molecule has 1 aromatic carbocycles. The Labute approximate surface area is 186 Å². The number of rotatable bonds is 7. The first kappa shape index (κ1) is 21.8. The highest BCUT2D eigenvalue weighted by Crippen LogP contribution is 2.53. The minimum Gasteiger partial charge on any atom is -0.503 e. The number of para-hydroxylation sites is 1. The molecule has 2 aliphatic heterocycles. The maximum absolute atomic E-state index is 14.1. The lowest BCUT2D eigenvalue weighted by Crippen LogP contribution is -2.55. The molecule has 4 rings (SSSR count). The van der Waals surface area contributed by atoms with Crippen molar-refractivity contribution in [1.82, 2.24) is 9.80 Å². The average molecular weight is 437 g/mol. The Hall–Kier alpha value is -3.39.